The van der Waals surface area contributed by atoms with E-state index in [-0.39, 0.29) is 12.1 Å². The van der Waals surface area contributed by atoms with Crippen LogP contribution in [-0.4, -0.2) is 28.3 Å². The summed E-state index contributed by atoms with van der Waals surface area (Å²) < 4.78 is 0. The number of rotatable bonds is 5. The van der Waals surface area contributed by atoms with Crippen LogP contribution in [0.5, 0.6) is 0 Å². The fourth-order valence-corrected chi connectivity index (χ4v) is 3.02. The molecule has 0 saturated carbocycles. The van der Waals surface area contributed by atoms with Crippen molar-refractivity contribution >= 4 is 11.9 Å². The molecule has 1 rings (SSSR count). The summed E-state index contributed by atoms with van der Waals surface area (Å²) in [5.41, 5.74) is 5.58. The van der Waals surface area contributed by atoms with Gasteiger partial charge in [0.25, 0.3) is 0 Å². The number of carbonyl (C=O) groups excluding carboxylic acids is 1. The Hall–Kier alpha value is -1.50. The molecule has 0 aromatic heterocycles. The molecule has 1 atom stereocenters. The van der Waals surface area contributed by atoms with Crippen molar-refractivity contribution in [3.8, 4) is 12.3 Å². The van der Waals surface area contributed by atoms with Crippen molar-refractivity contribution < 1.29 is 4.79 Å². The molecule has 0 spiro atoms. The van der Waals surface area contributed by atoms with Gasteiger partial charge in [0.05, 0.1) is 6.04 Å². The van der Waals surface area contributed by atoms with Gasteiger partial charge in [-0.15, -0.1) is 6.42 Å². The smallest absolute Gasteiger partial charge is 0.347 e. The minimum Gasteiger partial charge on any atom is -0.385 e. The maximum atomic E-state index is 12.1. The lowest BCUT2D eigenvalue weighted by Gasteiger charge is -2.42. The van der Waals surface area contributed by atoms with Crippen molar-refractivity contribution in [2.24, 2.45) is 22.6 Å². The van der Waals surface area contributed by atoms with Crippen molar-refractivity contribution in [3.63, 3.8) is 0 Å². The van der Waals surface area contributed by atoms with E-state index in [1.165, 1.54) is 0 Å². The number of nitrogens with zero attached hydrogens (tertiary/aromatic N) is 2. The lowest BCUT2D eigenvalue weighted by atomic mass is 9.79. The van der Waals surface area contributed by atoms with Gasteiger partial charge in [0, 0.05) is 0 Å². The summed E-state index contributed by atoms with van der Waals surface area (Å²) >= 11 is 0. The van der Waals surface area contributed by atoms with E-state index in [2.05, 4.69) is 38.6 Å². The molecule has 0 aromatic carbocycles. The Balaban J connectivity index is 3.26. The molecule has 0 radical (unpaired) electrons. The molecule has 4 heteroatoms. The average molecular weight is 263 g/mol. The number of amides is 2. The van der Waals surface area contributed by atoms with Gasteiger partial charge in [-0.1, -0.05) is 33.6 Å². The van der Waals surface area contributed by atoms with Gasteiger partial charge in [-0.05, 0) is 31.6 Å². The number of terminal acetylenes is 1. The van der Waals surface area contributed by atoms with Crippen molar-refractivity contribution in [2.75, 3.05) is 0 Å². The molecule has 1 aliphatic heterocycles. The highest BCUT2D eigenvalue weighted by atomic mass is 16.2. The predicted octanol–water partition coefficient (Wildman–Crippen LogP) is 2.63. The van der Waals surface area contributed by atoms with E-state index in [1.807, 2.05) is 6.92 Å². The fourth-order valence-electron chi connectivity index (χ4n) is 3.02. The highest BCUT2D eigenvalue weighted by Gasteiger charge is 2.50. The Bertz CT molecular complexity index is 408. The van der Waals surface area contributed by atoms with E-state index >= 15 is 0 Å². The van der Waals surface area contributed by atoms with E-state index in [0.717, 1.165) is 12.8 Å². The SMILES string of the molecule is C#CC(C)N1C(=O)N=C(N)C1(CC(C)C)CC(C)C. The van der Waals surface area contributed by atoms with Crippen molar-refractivity contribution in [1.82, 2.24) is 4.90 Å². The topological polar surface area (TPSA) is 58.7 Å². The third-order valence-electron chi connectivity index (χ3n) is 3.48. The zero-order chi connectivity index (χ0) is 14.8. The molecule has 1 heterocycles. The number of hydrogen-bond acceptors (Lipinski definition) is 2. The zero-order valence-electron chi connectivity index (χ0n) is 12.6. The number of carbonyl (C=O) groups is 1. The molecule has 1 aliphatic rings. The van der Waals surface area contributed by atoms with Crippen LogP contribution >= 0.6 is 0 Å². The summed E-state index contributed by atoms with van der Waals surface area (Å²) in [5.74, 6) is 3.87. The summed E-state index contributed by atoms with van der Waals surface area (Å²) in [6, 6.07) is -0.598. The third kappa shape index (κ3) is 2.91. The van der Waals surface area contributed by atoms with Gasteiger partial charge in [-0.3, -0.25) is 4.90 Å². The van der Waals surface area contributed by atoms with Crippen LogP contribution in [0.25, 0.3) is 0 Å². The largest absolute Gasteiger partial charge is 0.385 e. The Morgan fingerprint density at radius 2 is 1.74 bits per heavy atom. The highest BCUT2D eigenvalue weighted by molar-refractivity contribution is 6.06. The molecule has 0 aliphatic carbocycles. The normalized spacial score (nSPS) is 19.8. The van der Waals surface area contributed by atoms with Gasteiger partial charge in [-0.25, -0.2) is 4.79 Å². The average Bonchev–Trinajstić information content (AvgIpc) is 2.47. The summed E-state index contributed by atoms with van der Waals surface area (Å²) in [4.78, 5) is 17.8. The first kappa shape index (κ1) is 15.6. The lowest BCUT2D eigenvalue weighted by molar-refractivity contribution is 0.127. The van der Waals surface area contributed by atoms with Crippen LogP contribution in [0.4, 0.5) is 4.79 Å². The highest BCUT2D eigenvalue weighted by Crippen LogP contribution is 2.37. The Morgan fingerprint density at radius 3 is 2.11 bits per heavy atom. The quantitative estimate of drug-likeness (QED) is 0.775. The second-order valence-electron chi connectivity index (χ2n) is 6.22. The Morgan fingerprint density at radius 1 is 1.26 bits per heavy atom. The van der Waals surface area contributed by atoms with E-state index in [4.69, 9.17) is 12.2 Å². The van der Waals surface area contributed by atoms with Crippen LogP contribution in [-0.2, 0) is 0 Å². The molecule has 0 aromatic rings. The fraction of sp³-hybridized carbons (Fsp3) is 0.733. The molecule has 1 unspecified atom stereocenters. The van der Waals surface area contributed by atoms with Gasteiger partial charge in [-0.2, -0.15) is 4.99 Å². The first-order chi connectivity index (χ1) is 8.74. The van der Waals surface area contributed by atoms with Gasteiger partial charge in [0.15, 0.2) is 0 Å². The maximum Gasteiger partial charge on any atom is 0.347 e. The van der Waals surface area contributed by atoms with Crippen LogP contribution in [0.2, 0.25) is 0 Å². The predicted molar refractivity (Wildman–Crippen MR) is 78.8 cm³/mol. The minimum atomic E-state index is -0.523. The second-order valence-corrected chi connectivity index (χ2v) is 6.22. The first-order valence-corrected chi connectivity index (χ1v) is 6.88. The van der Waals surface area contributed by atoms with Gasteiger partial charge < -0.3 is 5.73 Å². The molecular weight excluding hydrogens is 238 g/mol. The second kappa shape index (κ2) is 5.64. The third-order valence-corrected chi connectivity index (χ3v) is 3.48. The van der Waals surface area contributed by atoms with E-state index in [9.17, 15) is 4.79 Å². The van der Waals surface area contributed by atoms with E-state index < -0.39 is 5.54 Å². The van der Waals surface area contributed by atoms with Crippen LogP contribution < -0.4 is 5.73 Å². The van der Waals surface area contributed by atoms with Crippen molar-refractivity contribution in [1.29, 1.82) is 0 Å². The molecule has 106 valence electrons. The lowest BCUT2D eigenvalue weighted by Crippen LogP contribution is -2.58. The molecule has 2 amide bonds. The van der Waals surface area contributed by atoms with Crippen LogP contribution in [0.3, 0.4) is 0 Å². The number of nitrogens with two attached hydrogens (primary N) is 1. The zero-order valence-corrected chi connectivity index (χ0v) is 12.6. The van der Waals surface area contributed by atoms with Crippen LogP contribution in [0.1, 0.15) is 47.5 Å². The minimum absolute atomic E-state index is 0.296. The number of amidine groups is 1. The van der Waals surface area contributed by atoms with Crippen molar-refractivity contribution in [3.05, 3.63) is 0 Å². The summed E-state index contributed by atoms with van der Waals surface area (Å²) in [5, 5.41) is 0. The molecule has 19 heavy (non-hydrogen) atoms. The number of urea groups is 1. The maximum absolute atomic E-state index is 12.1. The molecule has 0 bridgehead atoms. The van der Waals surface area contributed by atoms with Gasteiger partial charge in [0.2, 0.25) is 0 Å². The standard InChI is InChI=1S/C15H25N3O/c1-7-12(6)18-14(19)17-13(16)15(18,8-10(2)3)9-11(4)5/h1,10-12H,8-9H2,2-6H3,(H2,16,17,19). The monoisotopic (exact) mass is 263 g/mol. The molecule has 0 saturated heterocycles. The molecule has 2 N–H and O–H groups in total. The van der Waals surface area contributed by atoms with Crippen molar-refractivity contribution in [2.45, 2.75) is 59.0 Å². The van der Waals surface area contributed by atoms with Gasteiger partial charge >= 0.3 is 6.03 Å². The van der Waals surface area contributed by atoms with E-state index in [1.54, 1.807) is 4.90 Å². The Kier molecular flexibility index (Phi) is 4.62. The molecular formula is C15H25N3O. The molecule has 4 nitrogen and oxygen atoms in total. The summed E-state index contributed by atoms with van der Waals surface area (Å²) in [7, 11) is 0. The first-order valence-electron chi connectivity index (χ1n) is 6.88. The summed E-state index contributed by atoms with van der Waals surface area (Å²) in [6.45, 7) is 10.3. The van der Waals surface area contributed by atoms with Crippen LogP contribution in [0.15, 0.2) is 4.99 Å². The Labute approximate surface area is 116 Å². The summed E-state index contributed by atoms with van der Waals surface area (Å²) in [6.07, 6.45) is 7.09. The van der Waals surface area contributed by atoms with E-state index in [0.29, 0.717) is 17.7 Å². The number of hydrogen-bond donors (Lipinski definition) is 1. The number of aliphatic imine (C=N–C) groups is 1. The molecule has 0 fully saturated rings. The van der Waals surface area contributed by atoms with Gasteiger partial charge in [0.1, 0.15) is 11.4 Å². The van der Waals surface area contributed by atoms with Crippen LogP contribution in [0, 0.1) is 24.2 Å².